The number of nitrogens with zero attached hydrogens (tertiary/aromatic N) is 2. The third kappa shape index (κ3) is 5.27. The summed E-state index contributed by atoms with van der Waals surface area (Å²) in [4.78, 5) is 4.83. The highest BCUT2D eigenvalue weighted by molar-refractivity contribution is 5.33. The average molecular weight is 306 g/mol. The Morgan fingerprint density at radius 2 is 1.77 bits per heavy atom. The number of aliphatic hydroxyl groups is 1. The van der Waals surface area contributed by atoms with Gasteiger partial charge < -0.3 is 14.7 Å². The van der Waals surface area contributed by atoms with E-state index < -0.39 is 6.10 Å². The van der Waals surface area contributed by atoms with Crippen LogP contribution in [0.1, 0.15) is 24.5 Å². The van der Waals surface area contributed by atoms with Gasteiger partial charge in [0.2, 0.25) is 0 Å². The van der Waals surface area contributed by atoms with Gasteiger partial charge >= 0.3 is 0 Å². The van der Waals surface area contributed by atoms with Crippen LogP contribution < -0.4 is 4.74 Å². The van der Waals surface area contributed by atoms with Gasteiger partial charge in [-0.15, -0.1) is 0 Å². The number of aryl methyl sites for hydroxylation is 2. The predicted octanol–water partition coefficient (Wildman–Crippen LogP) is 2.07. The number of aliphatic hydroxyl groups excluding tert-OH is 1. The number of ether oxygens (including phenoxy) is 1. The highest BCUT2D eigenvalue weighted by Gasteiger charge is 2.18. The van der Waals surface area contributed by atoms with Crippen LogP contribution in [-0.4, -0.2) is 66.9 Å². The zero-order valence-corrected chi connectivity index (χ0v) is 14.2. The largest absolute Gasteiger partial charge is 0.491 e. The van der Waals surface area contributed by atoms with Gasteiger partial charge in [-0.3, -0.25) is 4.90 Å². The maximum Gasteiger partial charge on any atom is 0.119 e. The summed E-state index contributed by atoms with van der Waals surface area (Å²) >= 11 is 0. The summed E-state index contributed by atoms with van der Waals surface area (Å²) in [5, 5.41) is 10.2. The zero-order chi connectivity index (χ0) is 15.9. The number of piperazine rings is 1. The van der Waals surface area contributed by atoms with E-state index in [1.807, 2.05) is 12.1 Å². The van der Waals surface area contributed by atoms with Crippen molar-refractivity contribution in [2.45, 2.75) is 33.3 Å². The van der Waals surface area contributed by atoms with Crippen molar-refractivity contribution in [1.29, 1.82) is 0 Å². The van der Waals surface area contributed by atoms with Crippen LogP contribution in [0.4, 0.5) is 0 Å². The van der Waals surface area contributed by atoms with Gasteiger partial charge in [0.05, 0.1) is 0 Å². The first kappa shape index (κ1) is 17.3. The van der Waals surface area contributed by atoms with Crippen LogP contribution in [0.5, 0.6) is 5.75 Å². The van der Waals surface area contributed by atoms with Gasteiger partial charge in [-0.25, -0.2) is 0 Å². The molecule has 1 aromatic rings. The molecule has 1 aliphatic rings. The van der Waals surface area contributed by atoms with Gasteiger partial charge in [0.15, 0.2) is 0 Å². The average Bonchev–Trinajstić information content (AvgIpc) is 2.51. The predicted molar refractivity (Wildman–Crippen MR) is 90.6 cm³/mol. The Morgan fingerprint density at radius 1 is 1.09 bits per heavy atom. The molecule has 4 nitrogen and oxygen atoms in total. The van der Waals surface area contributed by atoms with Crippen molar-refractivity contribution in [2.24, 2.45) is 0 Å². The standard InChI is InChI=1S/C18H30N2O2/c1-4-7-19-8-10-20(11-9-19)13-17(21)14-22-18-6-5-15(2)16(3)12-18/h5-6,12,17,21H,4,7-11,13-14H2,1-3H3. The Labute approximate surface area is 134 Å². The van der Waals surface area contributed by atoms with Crippen LogP contribution in [0, 0.1) is 13.8 Å². The van der Waals surface area contributed by atoms with Crippen molar-refractivity contribution < 1.29 is 9.84 Å². The van der Waals surface area contributed by atoms with Crippen LogP contribution in [-0.2, 0) is 0 Å². The van der Waals surface area contributed by atoms with E-state index in [9.17, 15) is 5.11 Å². The minimum atomic E-state index is -0.431. The molecular weight excluding hydrogens is 276 g/mol. The Kier molecular flexibility index (Phi) is 6.68. The summed E-state index contributed by atoms with van der Waals surface area (Å²) < 4.78 is 5.72. The lowest BCUT2D eigenvalue weighted by molar-refractivity contribution is 0.0461. The summed E-state index contributed by atoms with van der Waals surface area (Å²) in [7, 11) is 0. The number of β-amino-alcohol motifs (C(OH)–C–C–N with tert-alkyl or cyclic N) is 1. The minimum Gasteiger partial charge on any atom is -0.491 e. The van der Waals surface area contributed by atoms with E-state index in [1.54, 1.807) is 0 Å². The first-order valence-electron chi connectivity index (χ1n) is 8.41. The first-order chi connectivity index (χ1) is 10.6. The maximum absolute atomic E-state index is 10.2. The summed E-state index contributed by atoms with van der Waals surface area (Å²) in [6.45, 7) is 12.9. The molecule has 0 spiro atoms. The van der Waals surface area contributed by atoms with E-state index in [1.165, 1.54) is 24.1 Å². The Balaban J connectivity index is 1.69. The molecular formula is C18H30N2O2. The van der Waals surface area contributed by atoms with Crippen molar-refractivity contribution in [3.63, 3.8) is 0 Å². The van der Waals surface area contributed by atoms with Crippen LogP contribution in [0.25, 0.3) is 0 Å². The van der Waals surface area contributed by atoms with Gasteiger partial charge in [-0.05, 0) is 50.1 Å². The zero-order valence-electron chi connectivity index (χ0n) is 14.2. The van der Waals surface area contributed by atoms with Gasteiger partial charge in [0.25, 0.3) is 0 Å². The smallest absolute Gasteiger partial charge is 0.119 e. The molecule has 124 valence electrons. The molecule has 0 aromatic heterocycles. The molecule has 4 heteroatoms. The number of hydrogen-bond acceptors (Lipinski definition) is 4. The van der Waals surface area contributed by atoms with Gasteiger partial charge in [-0.2, -0.15) is 0 Å². The molecule has 2 rings (SSSR count). The lowest BCUT2D eigenvalue weighted by Crippen LogP contribution is -2.49. The molecule has 1 aromatic carbocycles. The summed E-state index contributed by atoms with van der Waals surface area (Å²) in [6.07, 6.45) is 0.784. The third-order valence-electron chi connectivity index (χ3n) is 4.39. The van der Waals surface area contributed by atoms with Crippen molar-refractivity contribution in [2.75, 3.05) is 45.9 Å². The Morgan fingerprint density at radius 3 is 2.41 bits per heavy atom. The maximum atomic E-state index is 10.2. The van der Waals surface area contributed by atoms with E-state index in [0.717, 1.165) is 31.9 Å². The second kappa shape index (κ2) is 8.51. The first-order valence-corrected chi connectivity index (χ1v) is 8.41. The van der Waals surface area contributed by atoms with Crippen LogP contribution in [0.3, 0.4) is 0 Å². The lowest BCUT2D eigenvalue weighted by atomic mass is 10.1. The minimum absolute atomic E-state index is 0.359. The number of benzene rings is 1. The SMILES string of the molecule is CCCN1CCN(CC(O)COc2ccc(C)c(C)c2)CC1. The summed E-state index contributed by atoms with van der Waals surface area (Å²) in [5.74, 6) is 0.843. The van der Waals surface area contributed by atoms with Crippen molar-refractivity contribution in [1.82, 2.24) is 9.80 Å². The Hall–Kier alpha value is -1.10. The number of hydrogen-bond donors (Lipinski definition) is 1. The van der Waals surface area contributed by atoms with E-state index in [0.29, 0.717) is 13.2 Å². The van der Waals surface area contributed by atoms with Crippen molar-refractivity contribution in [3.8, 4) is 5.75 Å². The summed E-state index contributed by atoms with van der Waals surface area (Å²) in [6, 6.07) is 6.06. The normalized spacial score (nSPS) is 18.4. The molecule has 1 N–H and O–H groups in total. The molecule has 1 heterocycles. The lowest BCUT2D eigenvalue weighted by Gasteiger charge is -2.35. The fourth-order valence-electron chi connectivity index (χ4n) is 2.86. The highest BCUT2D eigenvalue weighted by Crippen LogP contribution is 2.16. The van der Waals surface area contributed by atoms with Gasteiger partial charge in [0.1, 0.15) is 18.5 Å². The monoisotopic (exact) mass is 306 g/mol. The van der Waals surface area contributed by atoms with Gasteiger partial charge in [-0.1, -0.05) is 13.0 Å². The molecule has 0 amide bonds. The van der Waals surface area contributed by atoms with E-state index in [4.69, 9.17) is 4.74 Å². The second-order valence-electron chi connectivity index (χ2n) is 6.35. The molecule has 0 bridgehead atoms. The third-order valence-corrected chi connectivity index (χ3v) is 4.39. The fourth-order valence-corrected chi connectivity index (χ4v) is 2.86. The molecule has 0 saturated carbocycles. The van der Waals surface area contributed by atoms with Gasteiger partial charge in [0, 0.05) is 32.7 Å². The summed E-state index contributed by atoms with van der Waals surface area (Å²) in [5.41, 5.74) is 2.48. The van der Waals surface area contributed by atoms with Crippen LogP contribution >= 0.6 is 0 Å². The van der Waals surface area contributed by atoms with Crippen LogP contribution in [0.15, 0.2) is 18.2 Å². The molecule has 1 unspecified atom stereocenters. The molecule has 0 radical (unpaired) electrons. The fraction of sp³-hybridized carbons (Fsp3) is 0.667. The van der Waals surface area contributed by atoms with Crippen LogP contribution in [0.2, 0.25) is 0 Å². The van der Waals surface area contributed by atoms with E-state index in [2.05, 4.69) is 36.6 Å². The van der Waals surface area contributed by atoms with E-state index >= 15 is 0 Å². The topological polar surface area (TPSA) is 35.9 Å². The molecule has 1 saturated heterocycles. The highest BCUT2D eigenvalue weighted by atomic mass is 16.5. The quantitative estimate of drug-likeness (QED) is 0.836. The molecule has 1 atom stereocenters. The van der Waals surface area contributed by atoms with E-state index in [-0.39, 0.29) is 0 Å². The molecule has 1 aliphatic heterocycles. The second-order valence-corrected chi connectivity index (χ2v) is 6.35. The van der Waals surface area contributed by atoms with Crippen molar-refractivity contribution in [3.05, 3.63) is 29.3 Å². The molecule has 0 aliphatic carbocycles. The van der Waals surface area contributed by atoms with Crippen molar-refractivity contribution >= 4 is 0 Å². The number of rotatable bonds is 7. The molecule has 22 heavy (non-hydrogen) atoms. The Bertz CT molecular complexity index is 456. The molecule has 1 fully saturated rings.